The second-order valence-corrected chi connectivity index (χ2v) is 9.42. The summed E-state index contributed by atoms with van der Waals surface area (Å²) in [5, 5.41) is 19.6. The van der Waals surface area contributed by atoms with Gasteiger partial charge in [-0.25, -0.2) is 13.9 Å². The molecule has 0 saturated carbocycles. The van der Waals surface area contributed by atoms with Gasteiger partial charge in [-0.2, -0.15) is 4.31 Å². The lowest BCUT2D eigenvalue weighted by Gasteiger charge is -2.42. The Bertz CT molecular complexity index is 1020. The van der Waals surface area contributed by atoms with Crippen LogP contribution >= 0.6 is 0 Å². The smallest absolute Gasteiger partial charge is 0.264 e. The predicted molar refractivity (Wildman–Crippen MR) is 111 cm³/mol. The molecule has 1 heterocycles. The molecule has 31 heavy (non-hydrogen) atoms. The number of piperidine rings is 1. The zero-order valence-electron chi connectivity index (χ0n) is 17.3. The molecule has 1 saturated heterocycles. The molecule has 10 heteroatoms. The summed E-state index contributed by atoms with van der Waals surface area (Å²) in [6, 6.07) is 11.8. The van der Waals surface area contributed by atoms with Crippen molar-refractivity contribution in [2.45, 2.75) is 42.9 Å². The molecule has 1 unspecified atom stereocenters. The first-order valence-electron chi connectivity index (χ1n) is 9.73. The van der Waals surface area contributed by atoms with Gasteiger partial charge in [-0.15, -0.1) is 0 Å². The van der Waals surface area contributed by atoms with Gasteiger partial charge in [-0.05, 0) is 50.1 Å². The van der Waals surface area contributed by atoms with Gasteiger partial charge in [-0.3, -0.25) is 10.0 Å². The lowest BCUT2D eigenvalue weighted by Crippen LogP contribution is -2.62. The SMILES string of the molecule is COc1ccccc1COc1ccc(S(=O)(=O)N2CCC[C@@](C)(O)C2C(=O)NO)cc1. The highest BCUT2D eigenvalue weighted by Gasteiger charge is 2.49. The van der Waals surface area contributed by atoms with E-state index in [-0.39, 0.29) is 24.5 Å². The quantitative estimate of drug-likeness (QED) is 0.433. The maximum Gasteiger partial charge on any atom is 0.264 e. The molecule has 0 spiro atoms. The number of aliphatic hydroxyl groups is 1. The van der Waals surface area contributed by atoms with Crippen molar-refractivity contribution in [2.75, 3.05) is 13.7 Å². The number of nitrogens with zero attached hydrogens (tertiary/aromatic N) is 1. The number of benzene rings is 2. The highest BCUT2D eigenvalue weighted by molar-refractivity contribution is 7.89. The van der Waals surface area contributed by atoms with Crippen molar-refractivity contribution < 1.29 is 33.0 Å². The highest BCUT2D eigenvalue weighted by Crippen LogP contribution is 2.33. The molecule has 168 valence electrons. The van der Waals surface area contributed by atoms with Crippen LogP contribution in [-0.4, -0.2) is 54.2 Å². The first-order valence-corrected chi connectivity index (χ1v) is 11.2. The van der Waals surface area contributed by atoms with E-state index in [1.165, 1.54) is 36.7 Å². The topological polar surface area (TPSA) is 125 Å². The third kappa shape index (κ3) is 4.82. The molecule has 1 aliphatic heterocycles. The monoisotopic (exact) mass is 450 g/mol. The Hall–Kier alpha value is -2.66. The van der Waals surface area contributed by atoms with Crippen molar-refractivity contribution in [1.29, 1.82) is 0 Å². The van der Waals surface area contributed by atoms with Crippen molar-refractivity contribution in [3.8, 4) is 11.5 Å². The maximum atomic E-state index is 13.2. The minimum Gasteiger partial charge on any atom is -0.496 e. The average molecular weight is 451 g/mol. The Morgan fingerprint density at radius 1 is 1.23 bits per heavy atom. The van der Waals surface area contributed by atoms with Gasteiger partial charge in [0, 0.05) is 12.1 Å². The number of para-hydroxylation sites is 1. The number of carbonyl (C=O) groups excluding carboxylic acids is 1. The number of ether oxygens (including phenoxy) is 2. The fourth-order valence-corrected chi connectivity index (χ4v) is 5.45. The Morgan fingerprint density at radius 2 is 1.90 bits per heavy atom. The predicted octanol–water partition coefficient (Wildman–Crippen LogP) is 1.68. The summed E-state index contributed by atoms with van der Waals surface area (Å²) in [6.45, 7) is 1.66. The van der Waals surface area contributed by atoms with Gasteiger partial charge < -0.3 is 14.6 Å². The number of methoxy groups -OCH3 is 1. The molecule has 2 aromatic rings. The number of hydrogen-bond donors (Lipinski definition) is 3. The minimum atomic E-state index is -4.11. The van der Waals surface area contributed by atoms with E-state index in [4.69, 9.17) is 14.7 Å². The highest BCUT2D eigenvalue weighted by atomic mass is 32.2. The zero-order chi connectivity index (χ0) is 22.6. The van der Waals surface area contributed by atoms with Gasteiger partial charge in [0.2, 0.25) is 10.0 Å². The number of carbonyl (C=O) groups is 1. The normalized spacial score (nSPS) is 22.0. The summed E-state index contributed by atoms with van der Waals surface area (Å²) in [5.74, 6) is 0.164. The van der Waals surface area contributed by atoms with Gasteiger partial charge in [0.05, 0.1) is 17.6 Å². The van der Waals surface area contributed by atoms with Crippen LogP contribution in [0.2, 0.25) is 0 Å². The molecule has 3 N–H and O–H groups in total. The summed E-state index contributed by atoms with van der Waals surface area (Å²) in [5.41, 5.74) is 0.687. The van der Waals surface area contributed by atoms with E-state index in [9.17, 15) is 18.3 Å². The molecule has 1 amide bonds. The van der Waals surface area contributed by atoms with Gasteiger partial charge >= 0.3 is 0 Å². The number of hydrogen-bond acceptors (Lipinski definition) is 7. The van der Waals surface area contributed by atoms with Gasteiger partial charge in [0.1, 0.15) is 24.1 Å². The average Bonchev–Trinajstić information content (AvgIpc) is 2.76. The summed E-state index contributed by atoms with van der Waals surface area (Å²) in [6.07, 6.45) is 0.606. The van der Waals surface area contributed by atoms with E-state index in [1.807, 2.05) is 24.3 Å². The summed E-state index contributed by atoms with van der Waals surface area (Å²) in [7, 11) is -2.54. The number of nitrogens with one attached hydrogen (secondary N) is 1. The van der Waals surface area contributed by atoms with E-state index < -0.39 is 27.6 Å². The van der Waals surface area contributed by atoms with Crippen LogP contribution in [0.1, 0.15) is 25.3 Å². The van der Waals surface area contributed by atoms with Crippen LogP contribution in [0.4, 0.5) is 0 Å². The third-order valence-electron chi connectivity index (χ3n) is 5.31. The fraction of sp³-hybridized carbons (Fsp3) is 0.381. The van der Waals surface area contributed by atoms with Crippen molar-refractivity contribution in [1.82, 2.24) is 9.79 Å². The van der Waals surface area contributed by atoms with Crippen LogP contribution in [0.15, 0.2) is 53.4 Å². The summed E-state index contributed by atoms with van der Waals surface area (Å²) >= 11 is 0. The van der Waals surface area contributed by atoms with Crippen LogP contribution in [0.25, 0.3) is 0 Å². The van der Waals surface area contributed by atoms with Crippen molar-refractivity contribution in [2.24, 2.45) is 0 Å². The molecule has 0 aliphatic carbocycles. The van der Waals surface area contributed by atoms with Crippen molar-refractivity contribution in [3.05, 3.63) is 54.1 Å². The zero-order valence-corrected chi connectivity index (χ0v) is 18.1. The minimum absolute atomic E-state index is 0.0443. The molecule has 0 aromatic heterocycles. The van der Waals surface area contributed by atoms with E-state index in [0.29, 0.717) is 17.9 Å². The van der Waals surface area contributed by atoms with Crippen LogP contribution in [0, 0.1) is 0 Å². The van der Waals surface area contributed by atoms with Gasteiger partial charge in [0.25, 0.3) is 5.91 Å². The first-order chi connectivity index (χ1) is 14.7. The van der Waals surface area contributed by atoms with Crippen molar-refractivity contribution >= 4 is 15.9 Å². The Morgan fingerprint density at radius 3 is 2.55 bits per heavy atom. The molecular weight excluding hydrogens is 424 g/mol. The van der Waals surface area contributed by atoms with Crippen LogP contribution < -0.4 is 15.0 Å². The third-order valence-corrected chi connectivity index (χ3v) is 7.19. The number of sulfonamides is 1. The lowest BCUT2D eigenvalue weighted by atomic mass is 9.87. The van der Waals surface area contributed by atoms with Crippen LogP contribution in [0.5, 0.6) is 11.5 Å². The Kier molecular flexibility index (Phi) is 6.85. The van der Waals surface area contributed by atoms with E-state index in [1.54, 1.807) is 7.11 Å². The standard InChI is InChI=1S/C21H26N2O7S/c1-21(25)12-5-13-23(19(21)20(24)22-26)31(27,28)17-10-8-16(9-11-17)30-14-15-6-3-4-7-18(15)29-2/h3-4,6-11,19,25-26H,5,12-14H2,1-2H3,(H,22,24)/t19?,21-/m1/s1. The van der Waals surface area contributed by atoms with E-state index >= 15 is 0 Å². The Labute approximate surface area is 181 Å². The van der Waals surface area contributed by atoms with Crippen molar-refractivity contribution in [3.63, 3.8) is 0 Å². The maximum absolute atomic E-state index is 13.2. The summed E-state index contributed by atoms with van der Waals surface area (Å²) < 4.78 is 38.3. The van der Waals surface area contributed by atoms with Crippen LogP contribution in [0.3, 0.4) is 0 Å². The molecule has 9 nitrogen and oxygen atoms in total. The van der Waals surface area contributed by atoms with Gasteiger partial charge in [-0.1, -0.05) is 18.2 Å². The molecule has 3 rings (SSSR count). The summed E-state index contributed by atoms with van der Waals surface area (Å²) in [4.78, 5) is 12.1. The van der Waals surface area contributed by atoms with E-state index in [0.717, 1.165) is 9.87 Å². The van der Waals surface area contributed by atoms with Gasteiger partial charge in [0.15, 0.2) is 0 Å². The molecule has 1 fully saturated rings. The molecule has 0 radical (unpaired) electrons. The number of amides is 1. The number of rotatable bonds is 7. The number of hydroxylamine groups is 1. The van der Waals surface area contributed by atoms with Crippen LogP contribution in [-0.2, 0) is 21.4 Å². The molecular formula is C21H26N2O7S. The second-order valence-electron chi connectivity index (χ2n) is 7.53. The fourth-order valence-electron chi connectivity index (χ4n) is 3.73. The molecule has 0 bridgehead atoms. The Balaban J connectivity index is 1.79. The molecule has 1 aliphatic rings. The lowest BCUT2D eigenvalue weighted by molar-refractivity contribution is -0.144. The van der Waals surface area contributed by atoms with E-state index in [2.05, 4.69) is 0 Å². The molecule has 2 atom stereocenters. The largest absolute Gasteiger partial charge is 0.496 e. The first kappa shape index (κ1) is 23.0. The second kappa shape index (κ2) is 9.23. The molecule has 2 aromatic carbocycles.